The molecule has 8 heteroatoms. The number of nitrogens with two attached hydrogens (primary N) is 1. The highest BCUT2D eigenvalue weighted by atomic mass is 16.5. The molecule has 3 aromatic rings. The monoisotopic (exact) mass is 378 g/mol. The van der Waals surface area contributed by atoms with Gasteiger partial charge >= 0.3 is 12.0 Å². The van der Waals surface area contributed by atoms with Crippen LogP contribution in [0.4, 0.5) is 4.79 Å². The Kier molecular flexibility index (Phi) is 5.50. The molecule has 0 aliphatic rings. The number of rotatable bonds is 5. The van der Waals surface area contributed by atoms with Crippen molar-refractivity contribution in [2.75, 3.05) is 0 Å². The third-order valence-corrected chi connectivity index (χ3v) is 3.90. The van der Waals surface area contributed by atoms with Crippen molar-refractivity contribution in [3.8, 4) is 16.9 Å². The molecule has 3 amide bonds. The highest BCUT2D eigenvalue weighted by molar-refractivity contribution is 6.00. The summed E-state index contributed by atoms with van der Waals surface area (Å²) in [5.41, 5.74) is 7.00. The number of benzene rings is 2. The molecule has 0 radical (unpaired) electrons. The Balaban J connectivity index is 1.94. The van der Waals surface area contributed by atoms with Gasteiger partial charge in [0.1, 0.15) is 11.3 Å². The smallest absolute Gasteiger partial charge is 0.342 e. The molecule has 8 nitrogen and oxygen atoms in total. The fraction of sp³-hybridized carbons (Fsp3) is 0.100. The molecule has 0 unspecified atom stereocenters. The van der Waals surface area contributed by atoms with Crippen molar-refractivity contribution in [3.63, 3.8) is 0 Å². The molecule has 0 fully saturated rings. The van der Waals surface area contributed by atoms with Crippen LogP contribution in [0.15, 0.2) is 66.9 Å². The van der Waals surface area contributed by atoms with Gasteiger partial charge in [-0.2, -0.15) is 5.10 Å². The molecular weight excluding hydrogens is 360 g/mol. The topological polar surface area (TPSA) is 116 Å². The fourth-order valence-electron chi connectivity index (χ4n) is 2.55. The van der Waals surface area contributed by atoms with Crippen LogP contribution in [-0.2, 0) is 9.53 Å². The van der Waals surface area contributed by atoms with Crippen molar-refractivity contribution in [2.45, 2.75) is 13.0 Å². The number of nitrogens with zero attached hydrogens (tertiary/aromatic N) is 2. The van der Waals surface area contributed by atoms with Crippen molar-refractivity contribution >= 4 is 17.9 Å². The number of para-hydroxylation sites is 1. The standard InChI is InChI=1S/C20H18N4O4/c1-13(18(25)22-20(21)27)28-19(26)16-12-24(15-10-6-3-7-11-15)23-17(16)14-8-4-2-5-9-14/h2-13H,1H3,(H3,21,22,25,27)/t13-/m1/s1. The zero-order valence-electron chi connectivity index (χ0n) is 15.0. The number of nitrogens with one attached hydrogen (secondary N) is 1. The number of aromatic nitrogens is 2. The summed E-state index contributed by atoms with van der Waals surface area (Å²) in [4.78, 5) is 35.3. The summed E-state index contributed by atoms with van der Waals surface area (Å²) < 4.78 is 6.76. The Bertz CT molecular complexity index is 1000. The molecule has 2 aromatic carbocycles. The van der Waals surface area contributed by atoms with Gasteiger partial charge in [-0.05, 0) is 19.1 Å². The second-order valence-electron chi connectivity index (χ2n) is 5.94. The van der Waals surface area contributed by atoms with E-state index in [0.29, 0.717) is 5.69 Å². The Hall–Kier alpha value is -3.94. The molecule has 0 saturated heterocycles. The average molecular weight is 378 g/mol. The van der Waals surface area contributed by atoms with Crippen LogP contribution >= 0.6 is 0 Å². The van der Waals surface area contributed by atoms with E-state index in [1.165, 1.54) is 6.92 Å². The third-order valence-electron chi connectivity index (χ3n) is 3.90. The van der Waals surface area contributed by atoms with Crippen molar-refractivity contribution in [1.29, 1.82) is 0 Å². The first-order valence-electron chi connectivity index (χ1n) is 8.47. The second-order valence-corrected chi connectivity index (χ2v) is 5.94. The molecule has 0 spiro atoms. The lowest BCUT2D eigenvalue weighted by Crippen LogP contribution is -2.42. The normalized spacial score (nSPS) is 11.5. The Morgan fingerprint density at radius 2 is 1.64 bits per heavy atom. The van der Waals surface area contributed by atoms with Gasteiger partial charge in [0, 0.05) is 11.8 Å². The van der Waals surface area contributed by atoms with Crippen LogP contribution in [0.3, 0.4) is 0 Å². The number of ether oxygens (including phenoxy) is 1. The Labute approximate surface area is 160 Å². The quantitative estimate of drug-likeness (QED) is 0.661. The molecule has 142 valence electrons. The largest absolute Gasteiger partial charge is 0.449 e. The van der Waals surface area contributed by atoms with E-state index in [-0.39, 0.29) is 5.56 Å². The number of urea groups is 1. The summed E-state index contributed by atoms with van der Waals surface area (Å²) in [7, 11) is 0. The number of imide groups is 1. The molecular formula is C20H18N4O4. The van der Waals surface area contributed by atoms with Gasteiger partial charge in [-0.25, -0.2) is 14.3 Å². The van der Waals surface area contributed by atoms with Crippen molar-refractivity contribution in [3.05, 3.63) is 72.4 Å². The third kappa shape index (κ3) is 4.24. The summed E-state index contributed by atoms with van der Waals surface area (Å²) in [6, 6.07) is 17.4. The first-order chi connectivity index (χ1) is 13.5. The van der Waals surface area contributed by atoms with Gasteiger partial charge in [0.2, 0.25) is 0 Å². The summed E-state index contributed by atoms with van der Waals surface area (Å²) in [5, 5.41) is 6.39. The lowest BCUT2D eigenvalue weighted by Gasteiger charge is -2.11. The van der Waals surface area contributed by atoms with E-state index in [1.54, 1.807) is 10.9 Å². The molecule has 1 atom stereocenters. The summed E-state index contributed by atoms with van der Waals surface area (Å²) in [5.74, 6) is -1.55. The number of primary amides is 1. The first kappa shape index (κ1) is 18.8. The van der Waals surface area contributed by atoms with E-state index in [1.807, 2.05) is 66.0 Å². The minimum Gasteiger partial charge on any atom is -0.449 e. The van der Waals surface area contributed by atoms with Gasteiger partial charge in [-0.15, -0.1) is 0 Å². The van der Waals surface area contributed by atoms with Crippen LogP contribution in [0.1, 0.15) is 17.3 Å². The number of carbonyl (C=O) groups is 3. The zero-order valence-corrected chi connectivity index (χ0v) is 15.0. The van der Waals surface area contributed by atoms with Crippen LogP contribution in [0, 0.1) is 0 Å². The predicted molar refractivity (Wildman–Crippen MR) is 102 cm³/mol. The highest BCUT2D eigenvalue weighted by Gasteiger charge is 2.24. The summed E-state index contributed by atoms with van der Waals surface area (Å²) in [6.07, 6.45) is 0.335. The molecule has 1 heterocycles. The van der Waals surface area contributed by atoms with E-state index >= 15 is 0 Å². The van der Waals surface area contributed by atoms with E-state index in [4.69, 9.17) is 10.5 Å². The van der Waals surface area contributed by atoms with Gasteiger partial charge in [-0.3, -0.25) is 10.1 Å². The minimum atomic E-state index is -1.20. The molecule has 3 N–H and O–H groups in total. The van der Waals surface area contributed by atoms with Gasteiger partial charge in [0.25, 0.3) is 5.91 Å². The molecule has 0 aliphatic carbocycles. The van der Waals surface area contributed by atoms with Crippen LogP contribution in [0.2, 0.25) is 0 Å². The van der Waals surface area contributed by atoms with E-state index < -0.39 is 24.0 Å². The summed E-state index contributed by atoms with van der Waals surface area (Å²) >= 11 is 0. The first-order valence-corrected chi connectivity index (χ1v) is 8.47. The lowest BCUT2D eigenvalue weighted by atomic mass is 10.1. The minimum absolute atomic E-state index is 0.189. The molecule has 1 aromatic heterocycles. The Morgan fingerprint density at radius 1 is 1.04 bits per heavy atom. The molecule has 0 bridgehead atoms. The SMILES string of the molecule is C[C@@H](OC(=O)c1cn(-c2ccccc2)nc1-c1ccccc1)C(=O)NC(N)=O. The van der Waals surface area contributed by atoms with Gasteiger partial charge in [-0.1, -0.05) is 48.5 Å². The van der Waals surface area contributed by atoms with Crippen molar-refractivity contribution in [1.82, 2.24) is 15.1 Å². The highest BCUT2D eigenvalue weighted by Crippen LogP contribution is 2.24. The molecule has 3 rings (SSSR count). The van der Waals surface area contributed by atoms with Crippen LogP contribution in [0.5, 0.6) is 0 Å². The fourth-order valence-corrected chi connectivity index (χ4v) is 2.55. The van der Waals surface area contributed by atoms with Crippen LogP contribution < -0.4 is 11.1 Å². The number of carbonyl (C=O) groups excluding carboxylic acids is 3. The number of esters is 1. The summed E-state index contributed by atoms with van der Waals surface area (Å²) in [6.45, 7) is 1.35. The van der Waals surface area contributed by atoms with E-state index in [9.17, 15) is 14.4 Å². The average Bonchev–Trinajstić information content (AvgIpc) is 3.14. The maximum atomic E-state index is 12.7. The van der Waals surface area contributed by atoms with Crippen LogP contribution in [-0.4, -0.2) is 33.8 Å². The number of amides is 3. The van der Waals surface area contributed by atoms with Crippen molar-refractivity contribution in [2.24, 2.45) is 5.73 Å². The Morgan fingerprint density at radius 3 is 2.25 bits per heavy atom. The maximum absolute atomic E-state index is 12.7. The van der Waals surface area contributed by atoms with E-state index in [2.05, 4.69) is 5.10 Å². The molecule has 0 saturated carbocycles. The van der Waals surface area contributed by atoms with Gasteiger partial charge in [0.05, 0.1) is 5.69 Å². The number of hydrogen-bond donors (Lipinski definition) is 2. The predicted octanol–water partition coefficient (Wildman–Crippen LogP) is 2.28. The molecule has 0 aliphatic heterocycles. The lowest BCUT2D eigenvalue weighted by molar-refractivity contribution is -0.127. The maximum Gasteiger partial charge on any atom is 0.342 e. The number of hydrogen-bond acceptors (Lipinski definition) is 5. The van der Waals surface area contributed by atoms with Gasteiger partial charge in [0.15, 0.2) is 6.10 Å². The van der Waals surface area contributed by atoms with Crippen molar-refractivity contribution < 1.29 is 19.1 Å². The van der Waals surface area contributed by atoms with Crippen LogP contribution in [0.25, 0.3) is 16.9 Å². The van der Waals surface area contributed by atoms with Gasteiger partial charge < -0.3 is 10.5 Å². The molecule has 28 heavy (non-hydrogen) atoms. The second kappa shape index (κ2) is 8.17. The van der Waals surface area contributed by atoms with E-state index in [0.717, 1.165) is 11.3 Å². The zero-order chi connectivity index (χ0) is 20.1.